The normalized spacial score (nSPS) is 18.9. The van der Waals surface area contributed by atoms with E-state index in [4.69, 9.17) is 5.84 Å². The molecule has 2 unspecified atom stereocenters. The van der Waals surface area contributed by atoms with E-state index >= 15 is 0 Å². The lowest BCUT2D eigenvalue weighted by Crippen LogP contribution is -2.32. The summed E-state index contributed by atoms with van der Waals surface area (Å²) < 4.78 is 0. The SMILES string of the molecule is Cc1ccc(C(NN)C2CSc3ccccc32)cc1C. The van der Waals surface area contributed by atoms with Gasteiger partial charge in [0.05, 0.1) is 6.04 Å². The van der Waals surface area contributed by atoms with Gasteiger partial charge in [-0.1, -0.05) is 36.4 Å². The van der Waals surface area contributed by atoms with Gasteiger partial charge in [0.1, 0.15) is 0 Å². The van der Waals surface area contributed by atoms with E-state index in [1.165, 1.54) is 27.1 Å². The third-order valence-corrected chi connectivity index (χ3v) is 5.42. The molecule has 2 aromatic carbocycles. The average Bonchev–Trinajstić information content (AvgIpc) is 2.88. The Hall–Kier alpha value is -1.29. The lowest BCUT2D eigenvalue weighted by molar-refractivity contribution is 0.485. The van der Waals surface area contributed by atoms with Crippen LogP contribution in [0.25, 0.3) is 0 Å². The standard InChI is InChI=1S/C17H20N2S/c1-11-7-8-13(9-12(11)2)17(19-18)15-10-20-16-6-4-3-5-14(15)16/h3-9,15,17,19H,10,18H2,1-2H3. The van der Waals surface area contributed by atoms with Crippen LogP contribution in [0, 0.1) is 13.8 Å². The topological polar surface area (TPSA) is 38.0 Å². The minimum atomic E-state index is 0.172. The van der Waals surface area contributed by atoms with E-state index in [1.54, 1.807) is 0 Å². The van der Waals surface area contributed by atoms with Crippen LogP contribution in [0.5, 0.6) is 0 Å². The first-order valence-corrected chi connectivity index (χ1v) is 7.94. The van der Waals surface area contributed by atoms with Crippen molar-refractivity contribution in [2.75, 3.05) is 5.75 Å². The molecular formula is C17H20N2S. The van der Waals surface area contributed by atoms with Crippen LogP contribution in [-0.2, 0) is 0 Å². The van der Waals surface area contributed by atoms with Crippen LogP contribution in [0.1, 0.15) is 34.2 Å². The van der Waals surface area contributed by atoms with Crippen molar-refractivity contribution < 1.29 is 0 Å². The van der Waals surface area contributed by atoms with Gasteiger partial charge in [-0.05, 0) is 42.2 Å². The van der Waals surface area contributed by atoms with Gasteiger partial charge in [-0.25, -0.2) is 0 Å². The van der Waals surface area contributed by atoms with Gasteiger partial charge < -0.3 is 0 Å². The maximum atomic E-state index is 5.87. The highest BCUT2D eigenvalue weighted by Gasteiger charge is 2.30. The number of thioether (sulfide) groups is 1. The van der Waals surface area contributed by atoms with Gasteiger partial charge in [-0.2, -0.15) is 0 Å². The number of hydrogen-bond acceptors (Lipinski definition) is 3. The second-order valence-corrected chi connectivity index (χ2v) is 6.51. The Bertz CT molecular complexity index is 624. The van der Waals surface area contributed by atoms with Crippen LogP contribution in [0.15, 0.2) is 47.4 Å². The van der Waals surface area contributed by atoms with Gasteiger partial charge in [0.15, 0.2) is 0 Å². The Morgan fingerprint density at radius 2 is 1.95 bits per heavy atom. The summed E-state index contributed by atoms with van der Waals surface area (Å²) >= 11 is 1.93. The molecule has 1 aliphatic rings. The highest BCUT2D eigenvalue weighted by atomic mass is 32.2. The van der Waals surface area contributed by atoms with Crippen molar-refractivity contribution in [3.05, 3.63) is 64.7 Å². The number of rotatable bonds is 3. The summed E-state index contributed by atoms with van der Waals surface area (Å²) in [6, 6.07) is 15.5. The van der Waals surface area contributed by atoms with E-state index in [1.807, 2.05) is 11.8 Å². The third kappa shape index (κ3) is 2.37. The predicted octanol–water partition coefficient (Wildman–Crippen LogP) is 3.70. The number of nitrogens with one attached hydrogen (secondary N) is 1. The van der Waals surface area contributed by atoms with Crippen LogP contribution in [-0.4, -0.2) is 5.75 Å². The molecule has 2 nitrogen and oxygen atoms in total. The molecule has 2 aromatic rings. The van der Waals surface area contributed by atoms with Gasteiger partial charge in [0.2, 0.25) is 0 Å². The van der Waals surface area contributed by atoms with E-state index in [2.05, 4.69) is 61.7 Å². The fraction of sp³-hybridized carbons (Fsp3) is 0.294. The van der Waals surface area contributed by atoms with Crippen molar-refractivity contribution >= 4 is 11.8 Å². The molecule has 2 atom stereocenters. The van der Waals surface area contributed by atoms with E-state index in [9.17, 15) is 0 Å². The van der Waals surface area contributed by atoms with Crippen LogP contribution in [0.3, 0.4) is 0 Å². The fourth-order valence-electron chi connectivity index (χ4n) is 2.87. The second kappa shape index (κ2) is 5.60. The highest BCUT2D eigenvalue weighted by Crippen LogP contribution is 2.45. The molecule has 1 heterocycles. The maximum Gasteiger partial charge on any atom is 0.0537 e. The second-order valence-electron chi connectivity index (χ2n) is 5.44. The zero-order chi connectivity index (χ0) is 14.1. The zero-order valence-corrected chi connectivity index (χ0v) is 12.7. The molecule has 3 rings (SSSR count). The maximum absolute atomic E-state index is 5.87. The number of fused-ring (bicyclic) bond motifs is 1. The largest absolute Gasteiger partial charge is 0.271 e. The molecular weight excluding hydrogens is 264 g/mol. The molecule has 0 spiro atoms. The summed E-state index contributed by atoms with van der Waals surface area (Å²) in [5.41, 5.74) is 8.37. The van der Waals surface area contributed by atoms with Crippen LogP contribution < -0.4 is 11.3 Å². The number of hydrogen-bond donors (Lipinski definition) is 2. The molecule has 3 N–H and O–H groups in total. The lowest BCUT2D eigenvalue weighted by atomic mass is 9.88. The Labute approximate surface area is 124 Å². The van der Waals surface area contributed by atoms with Gasteiger partial charge in [-0.15, -0.1) is 11.8 Å². The Balaban J connectivity index is 1.97. The van der Waals surface area contributed by atoms with Crippen LogP contribution >= 0.6 is 11.8 Å². The van der Waals surface area contributed by atoms with Crippen molar-refractivity contribution in [3.8, 4) is 0 Å². The molecule has 0 radical (unpaired) electrons. The van der Waals surface area contributed by atoms with Crippen molar-refractivity contribution in [2.24, 2.45) is 5.84 Å². The zero-order valence-electron chi connectivity index (χ0n) is 11.9. The van der Waals surface area contributed by atoms with Gasteiger partial charge in [0.25, 0.3) is 0 Å². The Morgan fingerprint density at radius 3 is 2.70 bits per heavy atom. The Morgan fingerprint density at radius 1 is 1.15 bits per heavy atom. The summed E-state index contributed by atoms with van der Waals surface area (Å²) in [6.07, 6.45) is 0. The molecule has 0 saturated carbocycles. The van der Waals surface area contributed by atoms with Crippen molar-refractivity contribution in [3.63, 3.8) is 0 Å². The van der Waals surface area contributed by atoms with Gasteiger partial charge in [0, 0.05) is 16.6 Å². The highest BCUT2D eigenvalue weighted by molar-refractivity contribution is 7.99. The molecule has 0 aromatic heterocycles. The number of hydrazine groups is 1. The first-order valence-electron chi connectivity index (χ1n) is 6.95. The molecule has 0 aliphatic carbocycles. The smallest absolute Gasteiger partial charge is 0.0537 e. The molecule has 0 saturated heterocycles. The molecule has 104 valence electrons. The summed E-state index contributed by atoms with van der Waals surface area (Å²) in [6.45, 7) is 4.30. The molecule has 0 fully saturated rings. The fourth-order valence-corrected chi connectivity index (χ4v) is 4.16. The number of aryl methyl sites for hydroxylation is 2. The summed E-state index contributed by atoms with van der Waals surface area (Å²) in [7, 11) is 0. The quantitative estimate of drug-likeness (QED) is 0.667. The number of benzene rings is 2. The first kappa shape index (κ1) is 13.7. The van der Waals surface area contributed by atoms with Crippen LogP contribution in [0.4, 0.5) is 0 Å². The summed E-state index contributed by atoms with van der Waals surface area (Å²) in [5, 5.41) is 0. The third-order valence-electron chi connectivity index (χ3n) is 4.21. The van der Waals surface area contributed by atoms with Gasteiger partial charge >= 0.3 is 0 Å². The minimum Gasteiger partial charge on any atom is -0.271 e. The Kier molecular flexibility index (Phi) is 3.83. The van der Waals surface area contributed by atoms with Crippen molar-refractivity contribution in [1.82, 2.24) is 5.43 Å². The minimum absolute atomic E-state index is 0.172. The van der Waals surface area contributed by atoms with Crippen molar-refractivity contribution in [2.45, 2.75) is 30.7 Å². The lowest BCUT2D eigenvalue weighted by Gasteiger charge is -2.24. The molecule has 0 amide bonds. The molecule has 0 bridgehead atoms. The average molecular weight is 284 g/mol. The summed E-state index contributed by atoms with van der Waals surface area (Å²) in [5.74, 6) is 7.39. The number of nitrogens with two attached hydrogens (primary N) is 1. The first-order chi connectivity index (χ1) is 9.70. The van der Waals surface area contributed by atoms with E-state index in [0.29, 0.717) is 5.92 Å². The molecule has 3 heteroatoms. The van der Waals surface area contributed by atoms with E-state index in [-0.39, 0.29) is 6.04 Å². The van der Waals surface area contributed by atoms with Crippen LogP contribution in [0.2, 0.25) is 0 Å². The van der Waals surface area contributed by atoms with E-state index in [0.717, 1.165) is 5.75 Å². The molecule has 20 heavy (non-hydrogen) atoms. The van der Waals surface area contributed by atoms with Crippen molar-refractivity contribution in [1.29, 1.82) is 0 Å². The van der Waals surface area contributed by atoms with Gasteiger partial charge in [-0.3, -0.25) is 11.3 Å². The monoisotopic (exact) mass is 284 g/mol. The predicted molar refractivity (Wildman–Crippen MR) is 85.9 cm³/mol. The summed E-state index contributed by atoms with van der Waals surface area (Å²) in [4.78, 5) is 1.39. The van der Waals surface area contributed by atoms with E-state index < -0.39 is 0 Å². The molecule has 1 aliphatic heterocycles.